The summed E-state index contributed by atoms with van der Waals surface area (Å²) in [4.78, 5) is 13.3. The zero-order valence-electron chi connectivity index (χ0n) is 10.8. The Morgan fingerprint density at radius 2 is 1.17 bits per heavy atom. The molecule has 4 nitrogen and oxygen atoms in total. The van der Waals surface area contributed by atoms with Gasteiger partial charge >= 0.3 is 0 Å². The van der Waals surface area contributed by atoms with Gasteiger partial charge in [0.2, 0.25) is 0 Å². The van der Waals surface area contributed by atoms with Crippen LogP contribution >= 0.6 is 22.7 Å². The second-order valence-corrected chi connectivity index (χ2v) is 6.59. The van der Waals surface area contributed by atoms with E-state index in [0.29, 0.717) is 0 Å². The highest BCUT2D eigenvalue weighted by atomic mass is 32.1. The highest BCUT2D eigenvalue weighted by molar-refractivity contribution is 7.23. The van der Waals surface area contributed by atoms with E-state index in [1.807, 2.05) is 38.0 Å². The fourth-order valence-corrected chi connectivity index (χ4v) is 3.51. The summed E-state index contributed by atoms with van der Waals surface area (Å²) in [5, 5.41) is 2.07. The molecule has 0 radical (unpaired) electrons. The van der Waals surface area contributed by atoms with Crippen molar-refractivity contribution in [1.82, 2.24) is 9.97 Å². The van der Waals surface area contributed by atoms with E-state index in [0.717, 1.165) is 21.3 Å². The highest BCUT2D eigenvalue weighted by Crippen LogP contribution is 2.34. The molecule has 0 aliphatic heterocycles. The van der Waals surface area contributed by atoms with Gasteiger partial charge in [0, 0.05) is 28.2 Å². The van der Waals surface area contributed by atoms with Gasteiger partial charge in [-0.3, -0.25) is 0 Å². The molecule has 3 rings (SSSR count). The number of aromatic nitrogens is 2. The first-order valence-electron chi connectivity index (χ1n) is 5.60. The molecule has 0 unspecified atom stereocenters. The Bertz CT molecular complexity index is 603. The average Bonchev–Trinajstić information content (AvgIpc) is 2.87. The van der Waals surface area contributed by atoms with Crippen LogP contribution in [0.2, 0.25) is 0 Å². The Morgan fingerprint density at radius 3 is 1.50 bits per heavy atom. The van der Waals surface area contributed by atoms with Crippen LogP contribution in [0.1, 0.15) is 0 Å². The molecule has 0 amide bonds. The Morgan fingerprint density at radius 1 is 0.778 bits per heavy atom. The zero-order valence-corrected chi connectivity index (χ0v) is 12.4. The Balaban J connectivity index is 2.21. The van der Waals surface area contributed by atoms with Crippen molar-refractivity contribution in [3.05, 3.63) is 12.1 Å². The fourth-order valence-electron chi connectivity index (χ4n) is 1.71. The summed E-state index contributed by atoms with van der Waals surface area (Å²) in [5.74, 6) is 0. The van der Waals surface area contributed by atoms with Crippen molar-refractivity contribution >= 4 is 53.4 Å². The lowest BCUT2D eigenvalue weighted by molar-refractivity contribution is 1.11. The average molecular weight is 278 g/mol. The standard InChI is InChI=1S/C12H14N4S2/c1-15(2)11-13-7-5-10-8(6-9(7)17-11)14-12(18-10)16(3)4/h5-6H,1-4H3. The smallest absolute Gasteiger partial charge is 0.185 e. The molecule has 6 heteroatoms. The quantitative estimate of drug-likeness (QED) is 0.721. The largest absolute Gasteiger partial charge is 0.354 e. The Hall–Kier alpha value is -1.40. The summed E-state index contributed by atoms with van der Waals surface area (Å²) >= 11 is 3.41. The van der Waals surface area contributed by atoms with Crippen molar-refractivity contribution in [3.8, 4) is 0 Å². The van der Waals surface area contributed by atoms with Gasteiger partial charge in [0.25, 0.3) is 0 Å². The Labute approximate surface area is 113 Å². The summed E-state index contributed by atoms with van der Waals surface area (Å²) in [6.07, 6.45) is 0. The topological polar surface area (TPSA) is 32.3 Å². The first-order valence-corrected chi connectivity index (χ1v) is 7.23. The fraction of sp³-hybridized carbons (Fsp3) is 0.333. The number of thiazole rings is 2. The van der Waals surface area contributed by atoms with Gasteiger partial charge in [-0.1, -0.05) is 22.7 Å². The number of nitrogens with zero attached hydrogens (tertiary/aromatic N) is 4. The van der Waals surface area contributed by atoms with E-state index in [2.05, 4.69) is 22.1 Å². The van der Waals surface area contributed by atoms with E-state index in [-0.39, 0.29) is 0 Å². The van der Waals surface area contributed by atoms with Crippen molar-refractivity contribution in [2.24, 2.45) is 0 Å². The lowest BCUT2D eigenvalue weighted by atomic mass is 10.3. The van der Waals surface area contributed by atoms with E-state index in [1.165, 1.54) is 9.40 Å². The van der Waals surface area contributed by atoms with Crippen LogP contribution in [0, 0.1) is 0 Å². The molecule has 0 aliphatic rings. The first kappa shape index (κ1) is 11.7. The minimum Gasteiger partial charge on any atom is -0.354 e. The zero-order chi connectivity index (χ0) is 12.9. The predicted octanol–water partition coefficient (Wildman–Crippen LogP) is 3.04. The van der Waals surface area contributed by atoms with Gasteiger partial charge in [-0.15, -0.1) is 0 Å². The maximum atomic E-state index is 4.63. The number of fused-ring (bicyclic) bond motifs is 2. The minimum absolute atomic E-state index is 1.04. The third-order valence-electron chi connectivity index (χ3n) is 2.64. The van der Waals surface area contributed by atoms with Gasteiger partial charge in [0.1, 0.15) is 0 Å². The summed E-state index contributed by atoms with van der Waals surface area (Å²) in [6, 6.07) is 4.28. The number of anilines is 2. The molecule has 0 atom stereocenters. The van der Waals surface area contributed by atoms with Gasteiger partial charge in [0.05, 0.1) is 20.4 Å². The number of hydrogen-bond acceptors (Lipinski definition) is 6. The van der Waals surface area contributed by atoms with E-state index in [1.54, 1.807) is 22.7 Å². The molecule has 0 bridgehead atoms. The summed E-state index contributed by atoms with van der Waals surface area (Å²) < 4.78 is 2.39. The molecule has 94 valence electrons. The molecule has 2 heterocycles. The molecule has 1 aromatic carbocycles. The molecule has 3 aromatic rings. The molecule has 0 fully saturated rings. The van der Waals surface area contributed by atoms with Crippen molar-refractivity contribution in [3.63, 3.8) is 0 Å². The van der Waals surface area contributed by atoms with Crippen LogP contribution in [0.5, 0.6) is 0 Å². The Kier molecular flexibility index (Phi) is 2.64. The van der Waals surface area contributed by atoms with E-state index < -0.39 is 0 Å². The first-order chi connectivity index (χ1) is 8.54. The van der Waals surface area contributed by atoms with Crippen molar-refractivity contribution < 1.29 is 0 Å². The second-order valence-electron chi connectivity index (χ2n) is 4.57. The molecular weight excluding hydrogens is 264 g/mol. The van der Waals surface area contributed by atoms with Crippen LogP contribution in [0.3, 0.4) is 0 Å². The third-order valence-corrected chi connectivity index (χ3v) is 5.01. The van der Waals surface area contributed by atoms with Gasteiger partial charge in [0.15, 0.2) is 10.3 Å². The third kappa shape index (κ3) is 1.81. The monoisotopic (exact) mass is 278 g/mol. The molecule has 18 heavy (non-hydrogen) atoms. The summed E-state index contributed by atoms with van der Waals surface area (Å²) in [5.41, 5.74) is 2.12. The molecule has 2 aromatic heterocycles. The molecule has 0 aliphatic carbocycles. The molecule has 0 saturated heterocycles. The van der Waals surface area contributed by atoms with Gasteiger partial charge in [-0.05, 0) is 12.1 Å². The van der Waals surface area contributed by atoms with Crippen LogP contribution < -0.4 is 9.80 Å². The van der Waals surface area contributed by atoms with E-state index in [4.69, 9.17) is 0 Å². The second kappa shape index (κ2) is 4.07. The van der Waals surface area contributed by atoms with Crippen LogP contribution in [0.15, 0.2) is 12.1 Å². The van der Waals surface area contributed by atoms with Crippen LogP contribution in [-0.4, -0.2) is 38.2 Å². The summed E-state index contributed by atoms with van der Waals surface area (Å²) in [7, 11) is 8.07. The van der Waals surface area contributed by atoms with Gasteiger partial charge < -0.3 is 9.80 Å². The van der Waals surface area contributed by atoms with E-state index >= 15 is 0 Å². The molecule has 0 spiro atoms. The SMILES string of the molecule is CN(C)c1nc2cc3sc(N(C)C)nc3cc2s1. The van der Waals surface area contributed by atoms with Gasteiger partial charge in [-0.25, -0.2) is 9.97 Å². The maximum absolute atomic E-state index is 4.63. The summed E-state index contributed by atoms with van der Waals surface area (Å²) in [6.45, 7) is 0. The lowest BCUT2D eigenvalue weighted by Crippen LogP contribution is -2.07. The lowest BCUT2D eigenvalue weighted by Gasteiger charge is -2.04. The van der Waals surface area contributed by atoms with Crippen LogP contribution in [0.25, 0.3) is 20.4 Å². The van der Waals surface area contributed by atoms with Gasteiger partial charge in [-0.2, -0.15) is 0 Å². The van der Waals surface area contributed by atoms with E-state index in [9.17, 15) is 0 Å². The van der Waals surface area contributed by atoms with Crippen LogP contribution in [-0.2, 0) is 0 Å². The molecule has 0 saturated carbocycles. The predicted molar refractivity (Wildman–Crippen MR) is 81.5 cm³/mol. The van der Waals surface area contributed by atoms with Crippen molar-refractivity contribution in [2.75, 3.05) is 38.0 Å². The number of rotatable bonds is 2. The number of hydrogen-bond donors (Lipinski definition) is 0. The van der Waals surface area contributed by atoms with Crippen molar-refractivity contribution in [1.29, 1.82) is 0 Å². The normalized spacial score (nSPS) is 11.3. The van der Waals surface area contributed by atoms with Crippen molar-refractivity contribution in [2.45, 2.75) is 0 Å². The molecule has 0 N–H and O–H groups in total. The molecular formula is C12H14N4S2. The van der Waals surface area contributed by atoms with Crippen LogP contribution in [0.4, 0.5) is 10.3 Å². The maximum Gasteiger partial charge on any atom is 0.185 e. The number of benzene rings is 1. The minimum atomic E-state index is 1.04. The highest BCUT2D eigenvalue weighted by Gasteiger charge is 2.10.